The van der Waals surface area contributed by atoms with Gasteiger partial charge in [-0.1, -0.05) is 12.1 Å². The van der Waals surface area contributed by atoms with Crippen LogP contribution in [0.5, 0.6) is 5.75 Å². The van der Waals surface area contributed by atoms with Gasteiger partial charge in [-0.05, 0) is 32.9 Å². The second-order valence-electron chi connectivity index (χ2n) is 5.67. The van der Waals surface area contributed by atoms with E-state index in [4.69, 9.17) is 4.74 Å². The van der Waals surface area contributed by atoms with E-state index < -0.39 is 11.7 Å². The average Bonchev–Trinajstić information content (AvgIpc) is 2.36. The number of rotatable bonds is 4. The van der Waals surface area contributed by atoms with Crippen LogP contribution >= 0.6 is 0 Å². The van der Waals surface area contributed by atoms with Crippen LogP contribution in [0.3, 0.4) is 0 Å². The Balaban J connectivity index is 2.44. The maximum Gasteiger partial charge on any atom is 0.407 e. The first-order valence-corrected chi connectivity index (χ1v) is 6.71. The van der Waals surface area contributed by atoms with Crippen LogP contribution in [0.1, 0.15) is 31.1 Å². The van der Waals surface area contributed by atoms with Crippen LogP contribution in [-0.4, -0.2) is 47.7 Å². The van der Waals surface area contributed by atoms with Gasteiger partial charge in [0.25, 0.3) is 5.91 Å². The number of benzene rings is 1. The maximum atomic E-state index is 12.1. The summed E-state index contributed by atoms with van der Waals surface area (Å²) in [6.45, 7) is 5.92. The number of amides is 2. The highest BCUT2D eigenvalue weighted by molar-refractivity contribution is 5.96. The van der Waals surface area contributed by atoms with Gasteiger partial charge in [0.2, 0.25) is 0 Å². The third kappa shape index (κ3) is 5.72. The topological polar surface area (TPSA) is 78.9 Å². The van der Waals surface area contributed by atoms with E-state index in [-0.39, 0.29) is 23.8 Å². The quantitative estimate of drug-likeness (QED) is 0.890. The molecule has 1 rings (SSSR count). The molecule has 0 saturated heterocycles. The van der Waals surface area contributed by atoms with E-state index in [0.29, 0.717) is 6.54 Å². The van der Waals surface area contributed by atoms with Crippen molar-refractivity contribution in [1.82, 2.24) is 10.2 Å². The van der Waals surface area contributed by atoms with Crippen molar-refractivity contribution in [2.45, 2.75) is 26.4 Å². The van der Waals surface area contributed by atoms with E-state index >= 15 is 0 Å². The van der Waals surface area contributed by atoms with Crippen LogP contribution in [0.25, 0.3) is 0 Å². The number of alkyl carbamates (subject to hydrolysis) is 1. The van der Waals surface area contributed by atoms with Gasteiger partial charge in [-0.25, -0.2) is 4.79 Å². The van der Waals surface area contributed by atoms with Crippen molar-refractivity contribution in [3.8, 4) is 5.75 Å². The van der Waals surface area contributed by atoms with Crippen LogP contribution in [0.4, 0.5) is 4.79 Å². The summed E-state index contributed by atoms with van der Waals surface area (Å²) in [5.74, 6) is -0.367. The van der Waals surface area contributed by atoms with Gasteiger partial charge >= 0.3 is 6.09 Å². The molecule has 0 radical (unpaired) electrons. The van der Waals surface area contributed by atoms with Crippen LogP contribution < -0.4 is 5.32 Å². The monoisotopic (exact) mass is 294 g/mol. The molecule has 21 heavy (non-hydrogen) atoms. The molecule has 0 unspecified atom stereocenters. The molecule has 0 heterocycles. The number of carbonyl (C=O) groups is 2. The van der Waals surface area contributed by atoms with Crippen molar-refractivity contribution < 1.29 is 19.4 Å². The second-order valence-corrected chi connectivity index (χ2v) is 5.67. The molecule has 1 aromatic carbocycles. The van der Waals surface area contributed by atoms with Crippen molar-refractivity contribution in [1.29, 1.82) is 0 Å². The fourth-order valence-electron chi connectivity index (χ4n) is 1.60. The molecule has 0 aromatic heterocycles. The number of phenols is 1. The number of para-hydroxylation sites is 1. The number of hydrogen-bond donors (Lipinski definition) is 2. The Labute approximate surface area is 124 Å². The van der Waals surface area contributed by atoms with Crippen LogP contribution in [0.2, 0.25) is 0 Å². The highest BCUT2D eigenvalue weighted by Gasteiger charge is 2.17. The number of nitrogens with zero attached hydrogens (tertiary/aromatic N) is 1. The van der Waals surface area contributed by atoms with E-state index in [2.05, 4.69) is 5.32 Å². The standard InChI is InChI=1S/C15H22N2O4/c1-15(2,3)21-14(20)16-9-10-17(4)13(19)11-7-5-6-8-12(11)18/h5-8,18H,9-10H2,1-4H3,(H,16,20). The maximum absolute atomic E-state index is 12.1. The minimum atomic E-state index is -0.554. The van der Waals surface area contributed by atoms with Gasteiger partial charge in [0.15, 0.2) is 0 Å². The number of hydrogen-bond acceptors (Lipinski definition) is 4. The van der Waals surface area contributed by atoms with Gasteiger partial charge in [-0.2, -0.15) is 0 Å². The molecule has 116 valence electrons. The van der Waals surface area contributed by atoms with Gasteiger partial charge < -0.3 is 20.1 Å². The lowest BCUT2D eigenvalue weighted by Crippen LogP contribution is -2.38. The molecule has 0 aliphatic rings. The fraction of sp³-hybridized carbons (Fsp3) is 0.467. The van der Waals surface area contributed by atoms with Gasteiger partial charge in [0, 0.05) is 20.1 Å². The summed E-state index contributed by atoms with van der Waals surface area (Å²) in [6, 6.07) is 6.34. The number of aromatic hydroxyl groups is 1. The zero-order valence-electron chi connectivity index (χ0n) is 12.8. The highest BCUT2D eigenvalue weighted by atomic mass is 16.6. The number of likely N-dealkylation sites (N-methyl/N-ethyl adjacent to an activating group) is 1. The number of phenolic OH excluding ortho intramolecular Hbond substituents is 1. The molecule has 0 atom stereocenters. The Morgan fingerprint density at radius 2 is 1.90 bits per heavy atom. The number of nitrogens with one attached hydrogen (secondary N) is 1. The summed E-state index contributed by atoms with van der Waals surface area (Å²) in [6.07, 6.45) is -0.522. The predicted octanol–water partition coefficient (Wildman–Crippen LogP) is 1.99. The van der Waals surface area contributed by atoms with Gasteiger partial charge in [0.05, 0.1) is 5.56 Å². The zero-order chi connectivity index (χ0) is 16.0. The Bertz CT molecular complexity index is 509. The summed E-state index contributed by atoms with van der Waals surface area (Å²) in [5.41, 5.74) is -0.320. The molecule has 0 bridgehead atoms. The van der Waals surface area contributed by atoms with Crippen molar-refractivity contribution in [3.63, 3.8) is 0 Å². The van der Waals surface area contributed by atoms with Crippen molar-refractivity contribution in [3.05, 3.63) is 29.8 Å². The number of carbonyl (C=O) groups excluding carboxylic acids is 2. The highest BCUT2D eigenvalue weighted by Crippen LogP contribution is 2.16. The molecule has 2 amide bonds. The molecule has 2 N–H and O–H groups in total. The van der Waals surface area contributed by atoms with Gasteiger partial charge in [-0.15, -0.1) is 0 Å². The summed E-state index contributed by atoms with van der Waals surface area (Å²) < 4.78 is 5.09. The first kappa shape index (κ1) is 16.8. The van der Waals surface area contributed by atoms with Crippen LogP contribution in [0.15, 0.2) is 24.3 Å². The SMILES string of the molecule is CN(CCNC(=O)OC(C)(C)C)C(=O)c1ccccc1O. The lowest BCUT2D eigenvalue weighted by atomic mass is 10.2. The lowest BCUT2D eigenvalue weighted by molar-refractivity contribution is 0.0517. The van der Waals surface area contributed by atoms with Crippen molar-refractivity contribution in [2.75, 3.05) is 20.1 Å². The minimum Gasteiger partial charge on any atom is -0.507 e. The van der Waals surface area contributed by atoms with Crippen LogP contribution in [0, 0.1) is 0 Å². The van der Waals surface area contributed by atoms with E-state index in [1.165, 1.54) is 11.0 Å². The molecule has 0 spiro atoms. The van der Waals surface area contributed by atoms with Gasteiger partial charge in [-0.3, -0.25) is 4.79 Å². The second kappa shape index (κ2) is 6.97. The first-order chi connectivity index (χ1) is 9.70. The summed E-state index contributed by atoms with van der Waals surface area (Å²) in [5, 5.41) is 12.2. The molecule has 0 aliphatic carbocycles. The molecule has 6 nitrogen and oxygen atoms in total. The predicted molar refractivity (Wildman–Crippen MR) is 79.3 cm³/mol. The Hall–Kier alpha value is -2.24. The molecular weight excluding hydrogens is 272 g/mol. The summed E-state index contributed by atoms with van der Waals surface area (Å²) >= 11 is 0. The average molecular weight is 294 g/mol. The van der Waals surface area contributed by atoms with E-state index in [1.54, 1.807) is 46.0 Å². The smallest absolute Gasteiger partial charge is 0.407 e. The van der Waals surface area contributed by atoms with E-state index in [1.807, 2.05) is 0 Å². The normalized spacial score (nSPS) is 10.9. The first-order valence-electron chi connectivity index (χ1n) is 6.71. The Morgan fingerprint density at radius 1 is 1.29 bits per heavy atom. The Kier molecular flexibility index (Phi) is 5.58. The van der Waals surface area contributed by atoms with Crippen molar-refractivity contribution in [2.24, 2.45) is 0 Å². The molecule has 0 aliphatic heterocycles. The molecular formula is C15H22N2O4. The largest absolute Gasteiger partial charge is 0.507 e. The fourth-order valence-corrected chi connectivity index (χ4v) is 1.60. The molecule has 1 aromatic rings. The third-order valence-electron chi connectivity index (χ3n) is 2.60. The summed E-state index contributed by atoms with van der Waals surface area (Å²) in [7, 11) is 1.60. The lowest BCUT2D eigenvalue weighted by Gasteiger charge is -2.21. The number of ether oxygens (including phenoxy) is 1. The minimum absolute atomic E-state index is 0.0607. The van der Waals surface area contributed by atoms with E-state index in [0.717, 1.165) is 0 Å². The summed E-state index contributed by atoms with van der Waals surface area (Å²) in [4.78, 5) is 25.0. The molecule has 0 fully saturated rings. The van der Waals surface area contributed by atoms with Crippen molar-refractivity contribution >= 4 is 12.0 Å². The van der Waals surface area contributed by atoms with E-state index in [9.17, 15) is 14.7 Å². The van der Waals surface area contributed by atoms with Gasteiger partial charge in [0.1, 0.15) is 11.4 Å². The van der Waals surface area contributed by atoms with Crippen LogP contribution in [-0.2, 0) is 4.74 Å². The molecule has 6 heteroatoms. The Morgan fingerprint density at radius 3 is 2.48 bits per heavy atom. The zero-order valence-corrected chi connectivity index (χ0v) is 12.8. The molecule has 0 saturated carbocycles. The third-order valence-corrected chi connectivity index (χ3v) is 2.60.